The van der Waals surface area contributed by atoms with Crippen molar-refractivity contribution in [3.8, 4) is 0 Å². The molecule has 0 fully saturated rings. The number of halogens is 1. The first kappa shape index (κ1) is 9.99. The highest BCUT2D eigenvalue weighted by Gasteiger charge is 2.04. The lowest BCUT2D eigenvalue weighted by atomic mass is 10.3. The van der Waals surface area contributed by atoms with E-state index in [0.29, 0.717) is 6.54 Å². The molecule has 0 aliphatic carbocycles. The van der Waals surface area contributed by atoms with E-state index in [0.717, 1.165) is 23.7 Å². The molecule has 0 atom stereocenters. The van der Waals surface area contributed by atoms with E-state index >= 15 is 0 Å². The summed E-state index contributed by atoms with van der Waals surface area (Å²) in [6.07, 6.45) is 0. The van der Waals surface area contributed by atoms with E-state index in [1.54, 1.807) is 11.3 Å². The van der Waals surface area contributed by atoms with Crippen LogP contribution in [0.1, 0.15) is 10.4 Å². The molecule has 0 amide bonds. The summed E-state index contributed by atoms with van der Waals surface area (Å²) in [6.45, 7) is 4.36. The maximum absolute atomic E-state index is 6.03. The lowest BCUT2D eigenvalue weighted by Crippen LogP contribution is -2.21. The predicted octanol–water partition coefficient (Wildman–Crippen LogP) is 1.76. The van der Waals surface area contributed by atoms with Gasteiger partial charge in [0, 0.05) is 24.5 Å². The Morgan fingerprint density at radius 3 is 2.92 bits per heavy atom. The van der Waals surface area contributed by atoms with Crippen LogP contribution in [0.15, 0.2) is 5.38 Å². The minimum atomic E-state index is 0.669. The number of rotatable bonds is 4. The molecule has 1 rings (SSSR count). The summed E-state index contributed by atoms with van der Waals surface area (Å²) in [5, 5.41) is 6.17. The van der Waals surface area contributed by atoms with Crippen LogP contribution < -0.4 is 11.1 Å². The third-order valence-electron chi connectivity index (χ3n) is 1.58. The summed E-state index contributed by atoms with van der Waals surface area (Å²) in [7, 11) is 0. The summed E-state index contributed by atoms with van der Waals surface area (Å²) in [5.74, 6) is 0. The van der Waals surface area contributed by atoms with E-state index in [9.17, 15) is 0 Å². The fourth-order valence-electron chi connectivity index (χ4n) is 0.906. The average Bonchev–Trinajstić information content (AvgIpc) is 2.36. The summed E-state index contributed by atoms with van der Waals surface area (Å²) < 4.78 is 0. The number of aryl methyl sites for hydroxylation is 1. The van der Waals surface area contributed by atoms with Crippen molar-refractivity contribution in [2.24, 2.45) is 5.73 Å². The Bertz CT molecular complexity index is 247. The molecule has 0 radical (unpaired) electrons. The summed E-state index contributed by atoms with van der Waals surface area (Å²) >= 11 is 7.72. The Balaban J connectivity index is 2.46. The van der Waals surface area contributed by atoms with Gasteiger partial charge in [-0.2, -0.15) is 0 Å². The van der Waals surface area contributed by atoms with Crippen molar-refractivity contribution in [3.63, 3.8) is 0 Å². The average molecular weight is 205 g/mol. The van der Waals surface area contributed by atoms with Gasteiger partial charge in [0.2, 0.25) is 0 Å². The minimum absolute atomic E-state index is 0.669. The molecule has 0 aliphatic heterocycles. The van der Waals surface area contributed by atoms with Gasteiger partial charge >= 0.3 is 0 Å². The summed E-state index contributed by atoms with van der Waals surface area (Å²) in [4.78, 5) is 1.20. The van der Waals surface area contributed by atoms with Crippen LogP contribution in [0.2, 0.25) is 5.02 Å². The van der Waals surface area contributed by atoms with Crippen molar-refractivity contribution in [2.45, 2.75) is 13.5 Å². The lowest BCUT2D eigenvalue weighted by molar-refractivity contribution is 0.702. The number of hydrogen-bond donors (Lipinski definition) is 2. The van der Waals surface area contributed by atoms with Crippen LogP contribution in [-0.4, -0.2) is 13.1 Å². The van der Waals surface area contributed by atoms with Gasteiger partial charge in [0.25, 0.3) is 0 Å². The van der Waals surface area contributed by atoms with Gasteiger partial charge in [0.15, 0.2) is 0 Å². The Morgan fingerprint density at radius 2 is 2.42 bits per heavy atom. The molecule has 1 aromatic rings. The molecule has 1 aromatic heterocycles. The molecule has 0 spiro atoms. The second-order valence-electron chi connectivity index (χ2n) is 2.62. The van der Waals surface area contributed by atoms with E-state index in [1.165, 1.54) is 4.88 Å². The summed E-state index contributed by atoms with van der Waals surface area (Å²) in [5.41, 5.74) is 6.50. The van der Waals surface area contributed by atoms with Gasteiger partial charge in [0.1, 0.15) is 0 Å². The number of nitrogens with two attached hydrogens (primary N) is 1. The van der Waals surface area contributed by atoms with Gasteiger partial charge in [-0.05, 0) is 17.9 Å². The van der Waals surface area contributed by atoms with E-state index in [-0.39, 0.29) is 0 Å². The van der Waals surface area contributed by atoms with Gasteiger partial charge < -0.3 is 11.1 Å². The molecule has 0 bridgehead atoms. The smallest absolute Gasteiger partial charge is 0.0587 e. The third kappa shape index (κ3) is 2.45. The monoisotopic (exact) mass is 204 g/mol. The van der Waals surface area contributed by atoms with Gasteiger partial charge in [-0.1, -0.05) is 11.6 Å². The quantitative estimate of drug-likeness (QED) is 0.734. The standard InChI is InChI=1S/C8H13ClN2S/c1-6-5-12-7(8(6)9)4-11-3-2-10/h5,11H,2-4,10H2,1H3. The van der Waals surface area contributed by atoms with E-state index in [4.69, 9.17) is 17.3 Å². The zero-order chi connectivity index (χ0) is 8.97. The molecule has 1 heterocycles. The number of hydrogen-bond acceptors (Lipinski definition) is 3. The first-order valence-corrected chi connectivity index (χ1v) is 5.14. The highest BCUT2D eigenvalue weighted by atomic mass is 35.5. The van der Waals surface area contributed by atoms with Gasteiger partial charge in [-0.3, -0.25) is 0 Å². The molecular weight excluding hydrogens is 192 g/mol. The molecule has 0 aromatic carbocycles. The first-order chi connectivity index (χ1) is 5.75. The topological polar surface area (TPSA) is 38.0 Å². The van der Waals surface area contributed by atoms with Crippen LogP contribution in [0.25, 0.3) is 0 Å². The van der Waals surface area contributed by atoms with Crippen LogP contribution >= 0.6 is 22.9 Å². The zero-order valence-corrected chi connectivity index (χ0v) is 8.63. The van der Waals surface area contributed by atoms with E-state index in [1.807, 2.05) is 6.92 Å². The fourth-order valence-corrected chi connectivity index (χ4v) is 2.11. The molecule has 0 saturated heterocycles. The largest absolute Gasteiger partial charge is 0.329 e. The minimum Gasteiger partial charge on any atom is -0.329 e. The fraction of sp³-hybridized carbons (Fsp3) is 0.500. The molecule has 68 valence electrons. The Kier molecular flexibility index (Phi) is 4.01. The van der Waals surface area contributed by atoms with Crippen molar-refractivity contribution < 1.29 is 0 Å². The maximum atomic E-state index is 6.03. The van der Waals surface area contributed by atoms with Crippen LogP contribution in [0.3, 0.4) is 0 Å². The highest BCUT2D eigenvalue weighted by Crippen LogP contribution is 2.26. The molecule has 3 N–H and O–H groups in total. The third-order valence-corrected chi connectivity index (χ3v) is 3.32. The van der Waals surface area contributed by atoms with Gasteiger partial charge in [-0.15, -0.1) is 11.3 Å². The van der Waals surface area contributed by atoms with Crippen molar-refractivity contribution in [3.05, 3.63) is 20.8 Å². The molecule has 4 heteroatoms. The van der Waals surface area contributed by atoms with Crippen LogP contribution in [0.4, 0.5) is 0 Å². The first-order valence-electron chi connectivity index (χ1n) is 3.89. The van der Waals surface area contributed by atoms with Crippen LogP contribution in [0, 0.1) is 6.92 Å². The van der Waals surface area contributed by atoms with Crippen molar-refractivity contribution in [1.29, 1.82) is 0 Å². The molecular formula is C8H13ClN2S. The molecule has 0 saturated carbocycles. The Labute approximate surface area is 81.7 Å². The van der Waals surface area contributed by atoms with Crippen molar-refractivity contribution in [1.82, 2.24) is 5.32 Å². The maximum Gasteiger partial charge on any atom is 0.0587 e. The SMILES string of the molecule is Cc1csc(CNCCN)c1Cl. The second-order valence-corrected chi connectivity index (χ2v) is 3.96. The number of nitrogens with one attached hydrogen (secondary N) is 1. The molecule has 0 aliphatic rings. The molecule has 2 nitrogen and oxygen atoms in total. The zero-order valence-electron chi connectivity index (χ0n) is 7.06. The molecule has 0 unspecified atom stereocenters. The van der Waals surface area contributed by atoms with E-state index < -0.39 is 0 Å². The van der Waals surface area contributed by atoms with Gasteiger partial charge in [-0.25, -0.2) is 0 Å². The Morgan fingerprint density at radius 1 is 1.67 bits per heavy atom. The van der Waals surface area contributed by atoms with Crippen LogP contribution in [0.5, 0.6) is 0 Å². The Hall–Kier alpha value is -0.0900. The number of thiophene rings is 1. The predicted molar refractivity (Wildman–Crippen MR) is 54.8 cm³/mol. The van der Waals surface area contributed by atoms with Crippen molar-refractivity contribution in [2.75, 3.05) is 13.1 Å². The normalized spacial score (nSPS) is 10.6. The molecule has 12 heavy (non-hydrogen) atoms. The van der Waals surface area contributed by atoms with Crippen LogP contribution in [-0.2, 0) is 6.54 Å². The van der Waals surface area contributed by atoms with Crippen molar-refractivity contribution >= 4 is 22.9 Å². The second kappa shape index (κ2) is 4.82. The summed E-state index contributed by atoms with van der Waals surface area (Å²) in [6, 6.07) is 0. The lowest BCUT2D eigenvalue weighted by Gasteiger charge is -2.00. The highest BCUT2D eigenvalue weighted by molar-refractivity contribution is 7.10. The van der Waals surface area contributed by atoms with E-state index in [2.05, 4.69) is 10.7 Å². The van der Waals surface area contributed by atoms with Gasteiger partial charge in [0.05, 0.1) is 5.02 Å².